The van der Waals surface area contributed by atoms with Gasteiger partial charge in [0.25, 0.3) is 0 Å². The summed E-state index contributed by atoms with van der Waals surface area (Å²) in [7, 11) is 0. The van der Waals surface area contributed by atoms with E-state index in [1.165, 1.54) is 78.0 Å². The summed E-state index contributed by atoms with van der Waals surface area (Å²) in [6.07, 6.45) is 11.4. The highest BCUT2D eigenvalue weighted by atomic mass is 16.4. The van der Waals surface area contributed by atoms with Crippen molar-refractivity contribution >= 4 is 35.8 Å². The van der Waals surface area contributed by atoms with Crippen molar-refractivity contribution in [3.8, 4) is 0 Å². The van der Waals surface area contributed by atoms with Gasteiger partial charge in [0.1, 0.15) is 0 Å². The lowest BCUT2D eigenvalue weighted by Gasteiger charge is -1.89. The Hall–Kier alpha value is -4.98. The molecule has 18 nitrogen and oxygen atoms in total. The molecule has 0 aliphatic carbocycles. The molecule has 0 aromatic heterocycles. The summed E-state index contributed by atoms with van der Waals surface area (Å²) < 4.78 is 0. The van der Waals surface area contributed by atoms with Crippen molar-refractivity contribution in [2.75, 3.05) is 39.6 Å². The first-order valence-corrected chi connectivity index (χ1v) is 16.1. The van der Waals surface area contributed by atoms with E-state index in [4.69, 9.17) is 61.3 Å². The third-order valence-corrected chi connectivity index (χ3v) is 5.50. The highest BCUT2D eigenvalue weighted by Crippen LogP contribution is 1.96. The maximum absolute atomic E-state index is 10.1. The van der Waals surface area contributed by atoms with Gasteiger partial charge in [-0.3, -0.25) is 0 Å². The minimum Gasteiger partial charge on any atom is -0.478 e. The summed E-state index contributed by atoms with van der Waals surface area (Å²) in [4.78, 5) is 60.3. The second-order valence-corrected chi connectivity index (χ2v) is 10.2. The molecule has 0 amide bonds. The average Bonchev–Trinajstić information content (AvgIpc) is 3.12. The number of carboxylic acid groups (broad SMARTS) is 6. The van der Waals surface area contributed by atoms with Crippen LogP contribution in [0.1, 0.15) is 80.1 Å². The van der Waals surface area contributed by atoms with Crippen LogP contribution in [0.5, 0.6) is 0 Å². The van der Waals surface area contributed by atoms with Gasteiger partial charge in [0, 0.05) is 73.1 Å². The van der Waals surface area contributed by atoms with Crippen molar-refractivity contribution < 1.29 is 90.0 Å². The Bertz CT molecular complexity index is 1010. The van der Waals surface area contributed by atoms with E-state index >= 15 is 0 Å². The molecular formula is C36H60O18. The lowest BCUT2D eigenvalue weighted by Crippen LogP contribution is -1.95. The predicted octanol–water partition coefficient (Wildman–Crippen LogP) is 2.40. The Balaban J connectivity index is -0.000000128. The molecule has 0 heterocycles. The maximum atomic E-state index is 10.1. The van der Waals surface area contributed by atoms with E-state index in [0.717, 1.165) is 0 Å². The molecule has 0 bridgehead atoms. The van der Waals surface area contributed by atoms with Gasteiger partial charge in [-0.1, -0.05) is 36.5 Å². The number of carboxylic acids is 6. The molecule has 0 fully saturated rings. The van der Waals surface area contributed by atoms with Gasteiger partial charge in [-0.15, -0.1) is 0 Å². The smallest absolute Gasteiger partial charge is 0.330 e. The van der Waals surface area contributed by atoms with Gasteiger partial charge < -0.3 is 61.3 Å². The first-order chi connectivity index (χ1) is 25.1. The van der Waals surface area contributed by atoms with E-state index in [1.54, 1.807) is 0 Å². The monoisotopic (exact) mass is 780 g/mol. The van der Waals surface area contributed by atoms with Crippen LogP contribution >= 0.6 is 0 Å². The molecule has 312 valence electrons. The van der Waals surface area contributed by atoms with Crippen LogP contribution in [0.2, 0.25) is 0 Å². The Morgan fingerprint density at radius 3 is 0.426 bits per heavy atom. The highest BCUT2D eigenvalue weighted by molar-refractivity contribution is 5.87. The van der Waals surface area contributed by atoms with Crippen molar-refractivity contribution in [2.24, 2.45) is 0 Å². The Kier molecular flexibility index (Phi) is 50.0. The maximum Gasteiger partial charge on any atom is 0.330 e. The van der Waals surface area contributed by atoms with Crippen LogP contribution in [-0.4, -0.2) is 137 Å². The van der Waals surface area contributed by atoms with Crippen molar-refractivity contribution in [1.29, 1.82) is 0 Å². The van der Waals surface area contributed by atoms with E-state index in [0.29, 0.717) is 38.5 Å². The standard InChI is InChI=1S/6C6H10O3/c6*1-5(6(8)9)3-2-4-7/h6*3,7H,2,4H2,1H3,(H,8,9). The van der Waals surface area contributed by atoms with Gasteiger partial charge in [-0.25, -0.2) is 28.8 Å². The highest BCUT2D eigenvalue weighted by Gasteiger charge is 1.99. The number of carbonyl (C=O) groups is 6. The molecule has 0 aliphatic rings. The number of hydrogen-bond acceptors (Lipinski definition) is 12. The first-order valence-electron chi connectivity index (χ1n) is 16.1. The summed E-state index contributed by atoms with van der Waals surface area (Å²) in [5, 5.41) is 99.1. The normalized spacial score (nSPS) is 11.6. The SMILES string of the molecule is CC(=CCCO)C(=O)O.CC(=CCCO)C(=O)O.CC(=CCCO)C(=O)O.CC(=CCCO)C(=O)O.CC(=CCCO)C(=O)O.CC(=CCCO)C(=O)O. The van der Waals surface area contributed by atoms with Gasteiger partial charge in [0.05, 0.1) is 0 Å². The molecule has 18 heteroatoms. The van der Waals surface area contributed by atoms with Crippen molar-refractivity contribution in [3.63, 3.8) is 0 Å². The molecule has 54 heavy (non-hydrogen) atoms. The Morgan fingerprint density at radius 1 is 0.278 bits per heavy atom. The fourth-order valence-electron chi connectivity index (χ4n) is 2.21. The predicted molar refractivity (Wildman–Crippen MR) is 199 cm³/mol. The summed E-state index contributed by atoms with van der Waals surface area (Å²) in [6, 6.07) is 0. The van der Waals surface area contributed by atoms with Gasteiger partial charge in [-0.2, -0.15) is 0 Å². The fourth-order valence-corrected chi connectivity index (χ4v) is 2.21. The van der Waals surface area contributed by atoms with E-state index in [9.17, 15) is 28.8 Å². The lowest BCUT2D eigenvalue weighted by molar-refractivity contribution is -0.133. The molecule has 0 spiro atoms. The van der Waals surface area contributed by atoms with Crippen LogP contribution in [0.4, 0.5) is 0 Å². The molecule has 0 aromatic carbocycles. The van der Waals surface area contributed by atoms with Crippen LogP contribution in [0, 0.1) is 0 Å². The molecule has 0 rings (SSSR count). The van der Waals surface area contributed by atoms with Crippen LogP contribution < -0.4 is 0 Å². The number of aliphatic hydroxyl groups excluding tert-OH is 6. The minimum atomic E-state index is -0.927. The van der Waals surface area contributed by atoms with Gasteiger partial charge in [0.15, 0.2) is 0 Å². The lowest BCUT2D eigenvalue weighted by atomic mass is 10.2. The van der Waals surface area contributed by atoms with Crippen LogP contribution in [0.3, 0.4) is 0 Å². The molecule has 0 aromatic rings. The number of aliphatic carboxylic acids is 6. The molecule has 0 saturated carbocycles. The molecule has 12 N–H and O–H groups in total. The zero-order chi connectivity index (χ0) is 43.7. The summed E-state index contributed by atoms with van der Waals surface area (Å²) in [5.74, 6) is -5.56. The van der Waals surface area contributed by atoms with Crippen molar-refractivity contribution in [3.05, 3.63) is 69.9 Å². The van der Waals surface area contributed by atoms with Crippen molar-refractivity contribution in [1.82, 2.24) is 0 Å². The Labute approximate surface area is 315 Å². The second-order valence-electron chi connectivity index (χ2n) is 10.2. The summed E-state index contributed by atoms with van der Waals surface area (Å²) in [6.45, 7) is 9.02. The molecule has 0 atom stereocenters. The molecular weight excluding hydrogens is 720 g/mol. The van der Waals surface area contributed by atoms with Crippen LogP contribution in [-0.2, 0) is 28.8 Å². The zero-order valence-corrected chi connectivity index (χ0v) is 31.8. The summed E-state index contributed by atoms with van der Waals surface area (Å²) >= 11 is 0. The van der Waals surface area contributed by atoms with Crippen molar-refractivity contribution in [2.45, 2.75) is 80.1 Å². The van der Waals surface area contributed by atoms with E-state index < -0.39 is 35.8 Å². The van der Waals surface area contributed by atoms with Crippen LogP contribution in [0.15, 0.2) is 69.9 Å². The minimum absolute atomic E-state index is 0.00458. The fraction of sp³-hybridized carbons (Fsp3) is 0.500. The molecule has 0 saturated heterocycles. The third-order valence-electron chi connectivity index (χ3n) is 5.50. The summed E-state index contributed by atoms with van der Waals surface area (Å²) in [5.41, 5.74) is 1.69. The second kappa shape index (κ2) is 44.2. The molecule has 0 radical (unpaired) electrons. The quantitative estimate of drug-likeness (QED) is 0.0888. The zero-order valence-electron chi connectivity index (χ0n) is 31.8. The largest absolute Gasteiger partial charge is 0.478 e. The molecule has 0 aliphatic heterocycles. The van der Waals surface area contributed by atoms with Gasteiger partial charge in [-0.05, 0) is 80.1 Å². The van der Waals surface area contributed by atoms with E-state index in [-0.39, 0.29) is 73.1 Å². The number of aliphatic hydroxyl groups is 6. The third kappa shape index (κ3) is 53.8. The van der Waals surface area contributed by atoms with E-state index in [1.807, 2.05) is 0 Å². The van der Waals surface area contributed by atoms with Gasteiger partial charge >= 0.3 is 35.8 Å². The van der Waals surface area contributed by atoms with Crippen LogP contribution in [0.25, 0.3) is 0 Å². The number of rotatable bonds is 18. The first kappa shape index (κ1) is 61.1. The number of hydrogen-bond donors (Lipinski definition) is 12. The van der Waals surface area contributed by atoms with Gasteiger partial charge in [0.2, 0.25) is 0 Å². The van der Waals surface area contributed by atoms with E-state index in [2.05, 4.69) is 0 Å². The average molecular weight is 781 g/mol. The molecule has 0 unspecified atom stereocenters. The Morgan fingerprint density at radius 2 is 0.370 bits per heavy atom. The topological polar surface area (TPSA) is 345 Å².